The molecule has 0 radical (unpaired) electrons. The van der Waals surface area contributed by atoms with Gasteiger partial charge in [0.25, 0.3) is 0 Å². The number of hydrogen-bond donors (Lipinski definition) is 0. The zero-order valence-electron chi connectivity index (χ0n) is 8.38. The molecule has 0 aliphatic rings. The summed E-state index contributed by atoms with van der Waals surface area (Å²) in [7, 11) is 1.37. The van der Waals surface area contributed by atoms with Gasteiger partial charge in [-0.3, -0.25) is 4.79 Å². The van der Waals surface area contributed by atoms with Gasteiger partial charge < -0.3 is 9.15 Å². The van der Waals surface area contributed by atoms with Crippen molar-refractivity contribution in [3.05, 3.63) is 23.7 Å². The summed E-state index contributed by atoms with van der Waals surface area (Å²) in [6, 6.07) is 3.63. The summed E-state index contributed by atoms with van der Waals surface area (Å²) in [5.41, 5.74) is -0.705. The van der Waals surface area contributed by atoms with Crippen LogP contribution >= 0.6 is 0 Å². The van der Waals surface area contributed by atoms with Crippen LogP contribution in [0.25, 0.3) is 0 Å². The maximum atomic E-state index is 11.4. The molecule has 1 aromatic heterocycles. The predicted molar refractivity (Wildman–Crippen MR) is 48.5 cm³/mol. The second-order valence-corrected chi connectivity index (χ2v) is 3.53. The van der Waals surface area contributed by atoms with Gasteiger partial charge in [0, 0.05) is 0 Å². The lowest BCUT2D eigenvalue weighted by molar-refractivity contribution is -0.146. The van der Waals surface area contributed by atoms with Gasteiger partial charge in [-0.1, -0.05) is 0 Å². The van der Waals surface area contributed by atoms with Crippen molar-refractivity contribution in [1.82, 2.24) is 0 Å². The van der Waals surface area contributed by atoms with Gasteiger partial charge in [-0.05, 0) is 32.9 Å². The lowest BCUT2D eigenvalue weighted by Gasteiger charge is -2.18. The molecule has 0 amide bonds. The van der Waals surface area contributed by atoms with Crippen LogP contribution < -0.4 is 0 Å². The van der Waals surface area contributed by atoms with Gasteiger partial charge in [0.15, 0.2) is 0 Å². The minimum atomic E-state index is -0.705. The molecule has 0 fully saturated rings. The van der Waals surface area contributed by atoms with E-state index in [9.17, 15) is 4.79 Å². The van der Waals surface area contributed by atoms with Gasteiger partial charge in [0.05, 0.1) is 7.11 Å². The number of carbonyl (C=O) groups excluding carboxylic acids is 1. The monoisotopic (exact) mass is 182 g/mol. The normalized spacial score (nSPS) is 11.4. The Morgan fingerprint density at radius 3 is 2.46 bits per heavy atom. The Morgan fingerprint density at radius 1 is 1.46 bits per heavy atom. The van der Waals surface area contributed by atoms with E-state index in [-0.39, 0.29) is 5.97 Å². The Kier molecular flexibility index (Phi) is 2.45. The van der Waals surface area contributed by atoms with E-state index >= 15 is 0 Å². The molecular formula is C10H14O3. The number of methoxy groups -OCH3 is 1. The first-order valence-corrected chi connectivity index (χ1v) is 4.14. The van der Waals surface area contributed by atoms with E-state index in [4.69, 9.17) is 4.42 Å². The Balaban J connectivity index is 2.99. The Morgan fingerprint density at radius 2 is 2.08 bits per heavy atom. The number of esters is 1. The van der Waals surface area contributed by atoms with Crippen LogP contribution in [0.4, 0.5) is 0 Å². The average molecular weight is 182 g/mol. The third-order valence-electron chi connectivity index (χ3n) is 2.05. The summed E-state index contributed by atoms with van der Waals surface area (Å²) >= 11 is 0. The second-order valence-electron chi connectivity index (χ2n) is 3.53. The van der Waals surface area contributed by atoms with Gasteiger partial charge >= 0.3 is 5.97 Å². The van der Waals surface area contributed by atoms with E-state index in [1.165, 1.54) is 7.11 Å². The molecule has 0 aromatic carbocycles. The van der Waals surface area contributed by atoms with E-state index < -0.39 is 5.41 Å². The van der Waals surface area contributed by atoms with Crippen molar-refractivity contribution < 1.29 is 13.9 Å². The highest BCUT2D eigenvalue weighted by molar-refractivity contribution is 5.81. The zero-order valence-corrected chi connectivity index (χ0v) is 8.38. The van der Waals surface area contributed by atoms with Crippen molar-refractivity contribution in [2.24, 2.45) is 0 Å². The molecule has 1 aromatic rings. The Hall–Kier alpha value is -1.25. The molecule has 1 heterocycles. The minimum absolute atomic E-state index is 0.290. The number of hydrogen-bond acceptors (Lipinski definition) is 3. The molecule has 0 aliphatic carbocycles. The first kappa shape index (κ1) is 9.84. The van der Waals surface area contributed by atoms with Crippen LogP contribution in [0.5, 0.6) is 0 Å². The van der Waals surface area contributed by atoms with Crippen LogP contribution in [0.2, 0.25) is 0 Å². The molecule has 3 heteroatoms. The lowest BCUT2D eigenvalue weighted by Crippen LogP contribution is -2.29. The van der Waals surface area contributed by atoms with E-state index in [0.29, 0.717) is 5.76 Å². The van der Waals surface area contributed by atoms with Crippen molar-refractivity contribution in [3.8, 4) is 0 Å². The Bertz CT molecular complexity index is 310. The highest BCUT2D eigenvalue weighted by atomic mass is 16.5. The van der Waals surface area contributed by atoms with Crippen molar-refractivity contribution in [2.45, 2.75) is 26.2 Å². The smallest absolute Gasteiger partial charge is 0.318 e. The summed E-state index contributed by atoms with van der Waals surface area (Å²) in [6.07, 6.45) is 0. The first-order valence-electron chi connectivity index (χ1n) is 4.14. The van der Waals surface area contributed by atoms with Crippen molar-refractivity contribution in [1.29, 1.82) is 0 Å². The van der Waals surface area contributed by atoms with Crippen molar-refractivity contribution >= 4 is 5.97 Å². The Labute approximate surface area is 77.7 Å². The van der Waals surface area contributed by atoms with Gasteiger partial charge in [0.1, 0.15) is 16.9 Å². The van der Waals surface area contributed by atoms with Crippen LogP contribution in [0.1, 0.15) is 25.4 Å². The van der Waals surface area contributed by atoms with Crippen LogP contribution in [-0.4, -0.2) is 13.1 Å². The van der Waals surface area contributed by atoms with Gasteiger partial charge in [0.2, 0.25) is 0 Å². The van der Waals surface area contributed by atoms with Crippen LogP contribution in [0.15, 0.2) is 16.5 Å². The highest BCUT2D eigenvalue weighted by Crippen LogP contribution is 2.26. The van der Waals surface area contributed by atoms with Crippen LogP contribution in [0.3, 0.4) is 0 Å². The summed E-state index contributed by atoms with van der Waals surface area (Å²) in [6.45, 7) is 5.39. The number of furan rings is 1. The van der Waals surface area contributed by atoms with Gasteiger partial charge in [-0.25, -0.2) is 0 Å². The van der Waals surface area contributed by atoms with Crippen LogP contribution in [-0.2, 0) is 14.9 Å². The molecule has 0 saturated carbocycles. The zero-order chi connectivity index (χ0) is 10.1. The fourth-order valence-electron chi connectivity index (χ4n) is 1.13. The van der Waals surface area contributed by atoms with E-state index in [0.717, 1.165) is 5.76 Å². The number of rotatable bonds is 2. The molecule has 0 spiro atoms. The third-order valence-corrected chi connectivity index (χ3v) is 2.05. The molecule has 13 heavy (non-hydrogen) atoms. The highest BCUT2D eigenvalue weighted by Gasteiger charge is 2.33. The molecule has 0 aliphatic heterocycles. The first-order chi connectivity index (χ1) is 5.98. The van der Waals surface area contributed by atoms with Crippen molar-refractivity contribution in [2.75, 3.05) is 7.11 Å². The lowest BCUT2D eigenvalue weighted by atomic mass is 9.91. The second kappa shape index (κ2) is 3.24. The number of carbonyl (C=O) groups is 1. The van der Waals surface area contributed by atoms with E-state index in [1.54, 1.807) is 19.9 Å². The topological polar surface area (TPSA) is 39.4 Å². The van der Waals surface area contributed by atoms with Crippen LogP contribution in [0, 0.1) is 6.92 Å². The molecule has 0 unspecified atom stereocenters. The van der Waals surface area contributed by atoms with Crippen molar-refractivity contribution in [3.63, 3.8) is 0 Å². The fraction of sp³-hybridized carbons (Fsp3) is 0.500. The quantitative estimate of drug-likeness (QED) is 0.657. The SMILES string of the molecule is COC(=O)C(C)(C)c1ccc(C)o1. The van der Waals surface area contributed by atoms with Gasteiger partial charge in [-0.2, -0.15) is 0 Å². The maximum Gasteiger partial charge on any atom is 0.318 e. The molecule has 3 nitrogen and oxygen atoms in total. The number of aryl methyl sites for hydroxylation is 1. The van der Waals surface area contributed by atoms with Gasteiger partial charge in [-0.15, -0.1) is 0 Å². The molecule has 0 atom stereocenters. The molecule has 0 saturated heterocycles. The van der Waals surface area contributed by atoms with E-state index in [1.807, 2.05) is 13.0 Å². The standard InChI is InChI=1S/C10H14O3/c1-7-5-6-8(13-7)10(2,3)9(11)12-4/h5-6H,1-4H3. The third kappa shape index (κ3) is 1.74. The predicted octanol–water partition coefficient (Wildman–Crippen LogP) is 2.04. The molecule has 0 N–H and O–H groups in total. The summed E-state index contributed by atoms with van der Waals surface area (Å²) in [5.74, 6) is 1.14. The maximum absolute atomic E-state index is 11.4. The average Bonchev–Trinajstić information content (AvgIpc) is 2.50. The molecule has 72 valence electrons. The molecule has 0 bridgehead atoms. The summed E-state index contributed by atoms with van der Waals surface area (Å²) in [5, 5.41) is 0. The molecular weight excluding hydrogens is 168 g/mol. The summed E-state index contributed by atoms with van der Waals surface area (Å²) < 4.78 is 10.1. The fourth-order valence-corrected chi connectivity index (χ4v) is 1.13. The van der Waals surface area contributed by atoms with E-state index in [2.05, 4.69) is 4.74 Å². The molecule has 1 rings (SSSR count). The minimum Gasteiger partial charge on any atom is -0.468 e. The number of ether oxygens (including phenoxy) is 1. The summed E-state index contributed by atoms with van der Waals surface area (Å²) in [4.78, 5) is 11.4. The largest absolute Gasteiger partial charge is 0.468 e.